The van der Waals surface area contributed by atoms with E-state index in [4.69, 9.17) is 9.47 Å². The zero-order valence-electron chi connectivity index (χ0n) is 15.9. The Morgan fingerprint density at radius 2 is 2.00 bits per heavy atom. The zero-order valence-corrected chi connectivity index (χ0v) is 15.9. The molecule has 1 heterocycles. The summed E-state index contributed by atoms with van der Waals surface area (Å²) < 4.78 is 10.9. The number of ether oxygens (including phenoxy) is 2. The van der Waals surface area contributed by atoms with E-state index in [0.717, 1.165) is 23.4 Å². The molecule has 1 amide bonds. The van der Waals surface area contributed by atoms with Gasteiger partial charge in [0, 0.05) is 11.3 Å². The maximum atomic E-state index is 12.2. The van der Waals surface area contributed by atoms with Crippen LogP contribution >= 0.6 is 0 Å². The fraction of sp³-hybridized carbons (Fsp3) is 0.190. The maximum Gasteiger partial charge on any atom is 0.262 e. The van der Waals surface area contributed by atoms with Crippen molar-refractivity contribution in [2.75, 3.05) is 19.0 Å². The number of methoxy groups -OCH3 is 1. The number of allylic oxidation sites excluding steroid dienone is 1. The van der Waals surface area contributed by atoms with E-state index in [0.29, 0.717) is 23.0 Å². The predicted molar refractivity (Wildman–Crippen MR) is 108 cm³/mol. The molecule has 0 aliphatic heterocycles. The standard InChI is InChI=1S/C21H22N4O3/c1-4-5-15-6-11-18(19(12-15)27-3)28-13-20(26)23-17-9-7-16(8-10-17)21-22-14(2)24-25-21/h4,6-12H,1,5,13H2,2-3H3,(H,23,26)(H,22,24,25). The maximum absolute atomic E-state index is 12.2. The van der Waals surface area contributed by atoms with Gasteiger partial charge in [0.1, 0.15) is 5.82 Å². The molecule has 0 saturated carbocycles. The van der Waals surface area contributed by atoms with E-state index in [-0.39, 0.29) is 12.5 Å². The van der Waals surface area contributed by atoms with Gasteiger partial charge in [0.05, 0.1) is 7.11 Å². The Bertz CT molecular complexity index is 964. The zero-order chi connectivity index (χ0) is 19.9. The molecule has 3 rings (SSSR count). The molecule has 2 N–H and O–H groups in total. The highest BCUT2D eigenvalue weighted by Gasteiger charge is 2.10. The van der Waals surface area contributed by atoms with Crippen LogP contribution in [0, 0.1) is 6.92 Å². The van der Waals surface area contributed by atoms with E-state index in [1.165, 1.54) is 0 Å². The number of nitrogens with one attached hydrogen (secondary N) is 2. The van der Waals surface area contributed by atoms with Gasteiger partial charge in [-0.3, -0.25) is 9.89 Å². The Kier molecular flexibility index (Phi) is 6.06. The molecule has 0 saturated heterocycles. The van der Waals surface area contributed by atoms with Crippen LogP contribution in [0.1, 0.15) is 11.4 Å². The van der Waals surface area contributed by atoms with Crippen molar-refractivity contribution in [3.63, 3.8) is 0 Å². The van der Waals surface area contributed by atoms with Crippen molar-refractivity contribution in [1.82, 2.24) is 15.2 Å². The topological polar surface area (TPSA) is 89.1 Å². The number of carbonyl (C=O) groups excluding carboxylic acids is 1. The summed E-state index contributed by atoms with van der Waals surface area (Å²) in [6.45, 7) is 5.44. The fourth-order valence-electron chi connectivity index (χ4n) is 2.64. The normalized spacial score (nSPS) is 10.4. The van der Waals surface area contributed by atoms with Crippen LogP contribution in [0.2, 0.25) is 0 Å². The summed E-state index contributed by atoms with van der Waals surface area (Å²) >= 11 is 0. The van der Waals surface area contributed by atoms with E-state index in [9.17, 15) is 4.79 Å². The molecular weight excluding hydrogens is 356 g/mol. The summed E-state index contributed by atoms with van der Waals surface area (Å²) in [5.41, 5.74) is 2.59. The minimum Gasteiger partial charge on any atom is -0.493 e. The first kappa shape index (κ1) is 19.2. The Balaban J connectivity index is 1.58. The number of hydrogen-bond acceptors (Lipinski definition) is 5. The van der Waals surface area contributed by atoms with E-state index in [2.05, 4.69) is 27.1 Å². The van der Waals surface area contributed by atoms with Crippen molar-refractivity contribution in [3.05, 3.63) is 66.5 Å². The van der Waals surface area contributed by atoms with E-state index in [1.807, 2.05) is 37.3 Å². The number of aromatic amines is 1. The van der Waals surface area contributed by atoms with Gasteiger partial charge in [0.2, 0.25) is 0 Å². The molecule has 0 aliphatic carbocycles. The molecule has 0 spiro atoms. The molecule has 0 bridgehead atoms. The van der Waals surface area contributed by atoms with Gasteiger partial charge in [0.25, 0.3) is 5.91 Å². The van der Waals surface area contributed by atoms with Crippen LogP contribution in [0.4, 0.5) is 5.69 Å². The highest BCUT2D eigenvalue weighted by Crippen LogP contribution is 2.28. The Morgan fingerprint density at radius 1 is 1.21 bits per heavy atom. The van der Waals surface area contributed by atoms with Crippen molar-refractivity contribution < 1.29 is 14.3 Å². The fourth-order valence-corrected chi connectivity index (χ4v) is 2.64. The largest absolute Gasteiger partial charge is 0.493 e. The van der Waals surface area contributed by atoms with Crippen molar-refractivity contribution in [3.8, 4) is 22.9 Å². The third-order valence-corrected chi connectivity index (χ3v) is 3.99. The lowest BCUT2D eigenvalue weighted by Crippen LogP contribution is -2.20. The van der Waals surface area contributed by atoms with Gasteiger partial charge in [-0.05, 0) is 55.3 Å². The number of benzene rings is 2. The molecule has 2 aromatic carbocycles. The quantitative estimate of drug-likeness (QED) is 0.585. The number of rotatable bonds is 8. The second kappa shape index (κ2) is 8.85. The highest BCUT2D eigenvalue weighted by molar-refractivity contribution is 5.92. The number of aromatic nitrogens is 3. The minimum absolute atomic E-state index is 0.126. The average molecular weight is 378 g/mol. The summed E-state index contributed by atoms with van der Waals surface area (Å²) in [7, 11) is 1.57. The van der Waals surface area contributed by atoms with Gasteiger partial charge < -0.3 is 14.8 Å². The molecule has 0 fully saturated rings. The van der Waals surface area contributed by atoms with Crippen LogP contribution in [-0.4, -0.2) is 34.8 Å². The van der Waals surface area contributed by atoms with Crippen LogP contribution in [0.25, 0.3) is 11.4 Å². The summed E-state index contributed by atoms with van der Waals surface area (Å²) in [4.78, 5) is 16.5. The summed E-state index contributed by atoms with van der Waals surface area (Å²) in [6, 6.07) is 12.9. The third kappa shape index (κ3) is 4.76. The number of aryl methyl sites for hydroxylation is 1. The molecule has 7 heteroatoms. The number of anilines is 1. The van der Waals surface area contributed by atoms with Gasteiger partial charge in [-0.15, -0.1) is 6.58 Å². The first-order chi connectivity index (χ1) is 13.6. The molecular formula is C21H22N4O3. The molecule has 0 unspecified atom stereocenters. The second-order valence-corrected chi connectivity index (χ2v) is 6.14. The monoisotopic (exact) mass is 378 g/mol. The van der Waals surface area contributed by atoms with Crippen LogP contribution in [0.5, 0.6) is 11.5 Å². The van der Waals surface area contributed by atoms with Crippen molar-refractivity contribution in [2.24, 2.45) is 0 Å². The first-order valence-electron chi connectivity index (χ1n) is 8.79. The Hall–Kier alpha value is -3.61. The minimum atomic E-state index is -0.265. The summed E-state index contributed by atoms with van der Waals surface area (Å²) in [5.74, 6) is 2.20. The molecule has 7 nitrogen and oxygen atoms in total. The lowest BCUT2D eigenvalue weighted by atomic mass is 10.1. The van der Waals surface area contributed by atoms with E-state index >= 15 is 0 Å². The van der Waals surface area contributed by atoms with Gasteiger partial charge in [0.15, 0.2) is 23.9 Å². The summed E-state index contributed by atoms with van der Waals surface area (Å²) in [5, 5.41) is 9.72. The third-order valence-electron chi connectivity index (χ3n) is 3.99. The molecule has 3 aromatic rings. The molecule has 0 radical (unpaired) electrons. The van der Waals surface area contributed by atoms with Gasteiger partial charge >= 0.3 is 0 Å². The van der Waals surface area contributed by atoms with Gasteiger partial charge in [-0.25, -0.2) is 4.98 Å². The molecule has 0 atom stereocenters. The average Bonchev–Trinajstić information content (AvgIpc) is 3.14. The van der Waals surface area contributed by atoms with Gasteiger partial charge in [-0.2, -0.15) is 5.10 Å². The smallest absolute Gasteiger partial charge is 0.262 e. The van der Waals surface area contributed by atoms with Crippen molar-refractivity contribution in [1.29, 1.82) is 0 Å². The number of H-pyrrole nitrogens is 1. The lowest BCUT2D eigenvalue weighted by Gasteiger charge is -2.12. The van der Waals surface area contributed by atoms with Crippen LogP contribution in [0.15, 0.2) is 55.1 Å². The Morgan fingerprint density at radius 3 is 2.64 bits per heavy atom. The van der Waals surface area contributed by atoms with E-state index in [1.54, 1.807) is 25.3 Å². The molecule has 28 heavy (non-hydrogen) atoms. The van der Waals surface area contributed by atoms with E-state index < -0.39 is 0 Å². The molecule has 0 aliphatic rings. The molecule has 144 valence electrons. The van der Waals surface area contributed by atoms with Crippen LogP contribution in [0.3, 0.4) is 0 Å². The molecule has 1 aromatic heterocycles. The van der Waals surface area contributed by atoms with Crippen molar-refractivity contribution in [2.45, 2.75) is 13.3 Å². The SMILES string of the molecule is C=CCc1ccc(OCC(=O)Nc2ccc(-c3n[nH]c(C)n3)cc2)c(OC)c1. The second-order valence-electron chi connectivity index (χ2n) is 6.14. The van der Waals surface area contributed by atoms with Crippen LogP contribution < -0.4 is 14.8 Å². The first-order valence-corrected chi connectivity index (χ1v) is 8.79. The number of amides is 1. The summed E-state index contributed by atoms with van der Waals surface area (Å²) in [6.07, 6.45) is 2.55. The van der Waals surface area contributed by atoms with Crippen molar-refractivity contribution >= 4 is 11.6 Å². The number of carbonyl (C=O) groups is 1. The number of hydrogen-bond donors (Lipinski definition) is 2. The Labute approximate surface area is 163 Å². The lowest BCUT2D eigenvalue weighted by molar-refractivity contribution is -0.118. The van der Waals surface area contributed by atoms with Crippen LogP contribution in [-0.2, 0) is 11.2 Å². The highest BCUT2D eigenvalue weighted by atomic mass is 16.5. The number of nitrogens with zero attached hydrogens (tertiary/aromatic N) is 2. The predicted octanol–water partition coefficient (Wildman–Crippen LogP) is 3.53. The van der Waals surface area contributed by atoms with Gasteiger partial charge in [-0.1, -0.05) is 12.1 Å².